The molecule has 1 amide bonds. The van der Waals surface area contributed by atoms with Crippen molar-refractivity contribution in [1.82, 2.24) is 0 Å². The number of aliphatic hydroxyl groups is 2. The zero-order valence-electron chi connectivity index (χ0n) is 13.4. The van der Waals surface area contributed by atoms with Gasteiger partial charge in [0.05, 0.1) is 11.2 Å². The Bertz CT molecular complexity index is 727. The van der Waals surface area contributed by atoms with Gasteiger partial charge in [0.1, 0.15) is 11.8 Å². The molecule has 134 valence electrons. The number of benzene rings is 1. The molecule has 0 bridgehead atoms. The molecule has 1 fully saturated rings. The standard InChI is InChI=1S/C17H17F3N2O3/c1-16(25,10-2-3-10)8-14(23)13(9-21)15(24)22-12-6-4-11(5-7-12)17(18,19)20/h4-7,10,23,25H,2-3,8H2,1H3,(H,22,24)/b14-13-. The highest BCUT2D eigenvalue weighted by molar-refractivity contribution is 6.06. The lowest BCUT2D eigenvalue weighted by Gasteiger charge is -2.22. The molecule has 0 saturated heterocycles. The van der Waals surface area contributed by atoms with E-state index in [0.29, 0.717) is 0 Å². The maximum atomic E-state index is 12.5. The van der Waals surface area contributed by atoms with Gasteiger partial charge in [0.25, 0.3) is 5.91 Å². The lowest BCUT2D eigenvalue weighted by atomic mass is 9.93. The minimum absolute atomic E-state index is 0.00701. The summed E-state index contributed by atoms with van der Waals surface area (Å²) in [7, 11) is 0. The average molecular weight is 354 g/mol. The first kappa shape index (κ1) is 18.8. The number of aliphatic hydroxyl groups excluding tert-OH is 1. The highest BCUT2D eigenvalue weighted by Crippen LogP contribution is 2.42. The third-order valence-electron chi connectivity index (χ3n) is 4.08. The second kappa shape index (κ2) is 6.76. The normalized spacial score (nSPS) is 17.9. The molecule has 0 aliphatic heterocycles. The summed E-state index contributed by atoms with van der Waals surface area (Å²) >= 11 is 0. The number of carbonyl (C=O) groups excluding carboxylic acids is 1. The molecule has 5 nitrogen and oxygen atoms in total. The van der Waals surface area contributed by atoms with Crippen molar-refractivity contribution in [2.45, 2.75) is 38.0 Å². The highest BCUT2D eigenvalue weighted by Gasteiger charge is 2.41. The van der Waals surface area contributed by atoms with Crippen LogP contribution in [0.5, 0.6) is 0 Å². The van der Waals surface area contributed by atoms with Crippen molar-refractivity contribution in [3.8, 4) is 6.07 Å². The zero-order chi connectivity index (χ0) is 18.8. The van der Waals surface area contributed by atoms with Crippen molar-refractivity contribution in [2.75, 3.05) is 5.32 Å². The van der Waals surface area contributed by atoms with E-state index in [-0.39, 0.29) is 18.0 Å². The number of hydrogen-bond donors (Lipinski definition) is 3. The molecule has 1 unspecified atom stereocenters. The minimum Gasteiger partial charge on any atom is -0.511 e. The lowest BCUT2D eigenvalue weighted by Crippen LogP contribution is -2.28. The van der Waals surface area contributed by atoms with Gasteiger partial charge in [0.2, 0.25) is 0 Å². The van der Waals surface area contributed by atoms with Crippen molar-refractivity contribution in [1.29, 1.82) is 5.26 Å². The van der Waals surface area contributed by atoms with E-state index in [1.807, 2.05) is 0 Å². The second-order valence-corrected chi connectivity index (χ2v) is 6.27. The summed E-state index contributed by atoms with van der Waals surface area (Å²) in [6.45, 7) is 1.52. The van der Waals surface area contributed by atoms with Crippen LogP contribution in [0.3, 0.4) is 0 Å². The van der Waals surface area contributed by atoms with Crippen molar-refractivity contribution < 1.29 is 28.2 Å². The third-order valence-corrected chi connectivity index (χ3v) is 4.08. The van der Waals surface area contributed by atoms with Crippen LogP contribution in [0.1, 0.15) is 31.7 Å². The number of rotatable bonds is 5. The Morgan fingerprint density at radius 2 is 1.88 bits per heavy atom. The highest BCUT2D eigenvalue weighted by atomic mass is 19.4. The van der Waals surface area contributed by atoms with Gasteiger partial charge in [-0.1, -0.05) is 0 Å². The zero-order valence-corrected chi connectivity index (χ0v) is 13.4. The van der Waals surface area contributed by atoms with Crippen LogP contribution in [-0.4, -0.2) is 21.7 Å². The second-order valence-electron chi connectivity index (χ2n) is 6.27. The predicted molar refractivity (Wildman–Crippen MR) is 83.3 cm³/mol. The molecule has 1 aromatic rings. The van der Waals surface area contributed by atoms with Crippen LogP contribution in [0.15, 0.2) is 35.6 Å². The Labute approximate surface area is 142 Å². The smallest absolute Gasteiger partial charge is 0.416 e. The fourth-order valence-corrected chi connectivity index (χ4v) is 2.46. The van der Waals surface area contributed by atoms with Gasteiger partial charge >= 0.3 is 6.18 Å². The van der Waals surface area contributed by atoms with E-state index in [9.17, 15) is 28.2 Å². The van der Waals surface area contributed by atoms with Gasteiger partial charge in [-0.15, -0.1) is 0 Å². The number of halogens is 3. The molecule has 8 heteroatoms. The maximum Gasteiger partial charge on any atom is 0.416 e. The van der Waals surface area contributed by atoms with Crippen LogP contribution < -0.4 is 5.32 Å². The predicted octanol–water partition coefficient (Wildman–Crippen LogP) is 3.53. The molecule has 0 aromatic heterocycles. The summed E-state index contributed by atoms with van der Waals surface area (Å²) in [6, 6.07) is 5.25. The van der Waals surface area contributed by atoms with Gasteiger partial charge in [-0.05, 0) is 49.9 Å². The molecule has 0 spiro atoms. The Kier molecular flexibility index (Phi) is 5.09. The molecule has 1 aliphatic carbocycles. The summed E-state index contributed by atoms with van der Waals surface area (Å²) in [5.41, 5.74) is -2.63. The van der Waals surface area contributed by atoms with Crippen LogP contribution in [0.4, 0.5) is 18.9 Å². The Hall–Kier alpha value is -2.53. The van der Waals surface area contributed by atoms with Crippen LogP contribution in [0.25, 0.3) is 0 Å². The molecule has 3 N–H and O–H groups in total. The molecule has 0 heterocycles. The van der Waals surface area contributed by atoms with Gasteiger partial charge in [-0.3, -0.25) is 4.79 Å². The SMILES string of the molecule is CC(O)(C/C(O)=C(\C#N)C(=O)Nc1ccc(C(F)(F)F)cc1)C1CC1. The van der Waals surface area contributed by atoms with E-state index in [4.69, 9.17) is 5.26 Å². The van der Waals surface area contributed by atoms with Crippen LogP contribution >= 0.6 is 0 Å². The average Bonchev–Trinajstić information content (AvgIpc) is 3.32. The fourth-order valence-electron chi connectivity index (χ4n) is 2.46. The van der Waals surface area contributed by atoms with E-state index in [1.54, 1.807) is 6.07 Å². The molecule has 1 saturated carbocycles. The van der Waals surface area contributed by atoms with E-state index in [0.717, 1.165) is 37.1 Å². The molecular formula is C17H17F3N2O3. The number of alkyl halides is 3. The number of nitrogens with zero attached hydrogens (tertiary/aromatic N) is 1. The number of hydrogen-bond acceptors (Lipinski definition) is 4. The quantitative estimate of drug-likeness (QED) is 0.428. The van der Waals surface area contributed by atoms with E-state index >= 15 is 0 Å². The van der Waals surface area contributed by atoms with Crippen molar-refractivity contribution in [2.24, 2.45) is 5.92 Å². The maximum absolute atomic E-state index is 12.5. The number of nitrogens with one attached hydrogen (secondary N) is 1. The molecular weight excluding hydrogens is 337 g/mol. The number of anilines is 1. The molecule has 1 aliphatic rings. The Balaban J connectivity index is 2.11. The van der Waals surface area contributed by atoms with Gasteiger partial charge in [0.15, 0.2) is 5.57 Å². The molecule has 1 aromatic carbocycles. The van der Waals surface area contributed by atoms with E-state index in [1.165, 1.54) is 6.92 Å². The fraction of sp³-hybridized carbons (Fsp3) is 0.412. The first-order chi connectivity index (χ1) is 11.5. The monoisotopic (exact) mass is 354 g/mol. The molecule has 1 atom stereocenters. The van der Waals surface area contributed by atoms with E-state index < -0.39 is 34.6 Å². The van der Waals surface area contributed by atoms with Gasteiger partial charge in [0, 0.05) is 12.1 Å². The van der Waals surface area contributed by atoms with Crippen molar-refractivity contribution in [3.63, 3.8) is 0 Å². The largest absolute Gasteiger partial charge is 0.511 e. The lowest BCUT2D eigenvalue weighted by molar-refractivity contribution is -0.137. The molecule has 25 heavy (non-hydrogen) atoms. The van der Waals surface area contributed by atoms with Crippen LogP contribution in [0.2, 0.25) is 0 Å². The van der Waals surface area contributed by atoms with Gasteiger partial charge in [-0.25, -0.2) is 0 Å². The van der Waals surface area contributed by atoms with Crippen LogP contribution in [-0.2, 0) is 11.0 Å². The summed E-state index contributed by atoms with van der Waals surface area (Å²) in [6.07, 6.45) is -3.13. The van der Waals surface area contributed by atoms with Gasteiger partial charge in [-0.2, -0.15) is 18.4 Å². The van der Waals surface area contributed by atoms with Crippen molar-refractivity contribution in [3.05, 3.63) is 41.2 Å². The van der Waals surface area contributed by atoms with Crippen molar-refractivity contribution >= 4 is 11.6 Å². The number of carbonyl (C=O) groups is 1. The molecule has 0 radical (unpaired) electrons. The first-order valence-corrected chi connectivity index (χ1v) is 7.58. The van der Waals surface area contributed by atoms with Gasteiger partial charge < -0.3 is 15.5 Å². The summed E-state index contributed by atoms with van der Waals surface area (Å²) in [5, 5.41) is 31.6. The number of amides is 1. The topological polar surface area (TPSA) is 93.3 Å². The summed E-state index contributed by atoms with van der Waals surface area (Å²) < 4.78 is 37.5. The summed E-state index contributed by atoms with van der Waals surface area (Å²) in [5.74, 6) is -1.50. The summed E-state index contributed by atoms with van der Waals surface area (Å²) in [4.78, 5) is 12.1. The Morgan fingerprint density at radius 3 is 2.32 bits per heavy atom. The number of nitriles is 1. The first-order valence-electron chi connectivity index (χ1n) is 7.58. The third kappa shape index (κ3) is 4.73. The van der Waals surface area contributed by atoms with Crippen LogP contribution in [0, 0.1) is 17.2 Å². The van der Waals surface area contributed by atoms with E-state index in [2.05, 4.69) is 5.32 Å². The molecule has 2 rings (SSSR count). The minimum atomic E-state index is -4.49. The Morgan fingerprint density at radius 1 is 1.32 bits per heavy atom.